The van der Waals surface area contributed by atoms with Crippen LogP contribution in [-0.4, -0.2) is 43.9 Å². The van der Waals surface area contributed by atoms with Gasteiger partial charge in [-0.05, 0) is 55.8 Å². The van der Waals surface area contributed by atoms with Gasteiger partial charge in [-0.1, -0.05) is 12.1 Å². The molecule has 2 aromatic carbocycles. The van der Waals surface area contributed by atoms with E-state index < -0.39 is 27.7 Å². The molecule has 1 saturated heterocycles. The van der Waals surface area contributed by atoms with E-state index in [1.165, 1.54) is 40.7 Å². The average molecular weight is 456 g/mol. The molecule has 1 N–H and O–H groups in total. The van der Waals surface area contributed by atoms with Crippen molar-refractivity contribution in [2.45, 2.75) is 43.5 Å². The first-order valence-corrected chi connectivity index (χ1v) is 11.1. The fraction of sp³-hybridized carbons (Fsp3) is 0.381. The van der Waals surface area contributed by atoms with Crippen LogP contribution in [0, 0.1) is 0 Å². The Bertz CT molecular complexity index is 1010. The second-order valence-corrected chi connectivity index (χ2v) is 9.46. The van der Waals surface area contributed by atoms with Gasteiger partial charge in [0, 0.05) is 18.8 Å². The van der Waals surface area contributed by atoms with Gasteiger partial charge in [0.25, 0.3) is 0 Å². The third-order valence-corrected chi connectivity index (χ3v) is 6.65. The maximum Gasteiger partial charge on any atom is 0.416 e. The van der Waals surface area contributed by atoms with Crippen molar-refractivity contribution in [2.75, 3.05) is 18.4 Å². The molecule has 0 bridgehead atoms. The van der Waals surface area contributed by atoms with Crippen LogP contribution in [0.4, 0.5) is 18.9 Å². The van der Waals surface area contributed by atoms with Crippen molar-refractivity contribution in [1.29, 1.82) is 0 Å². The molecule has 0 spiro atoms. The van der Waals surface area contributed by atoms with Crippen molar-refractivity contribution >= 4 is 21.6 Å². The van der Waals surface area contributed by atoms with Gasteiger partial charge in [-0.25, -0.2) is 8.42 Å². The van der Waals surface area contributed by atoms with Crippen molar-refractivity contribution in [3.8, 4) is 0 Å². The average Bonchev–Trinajstić information content (AvgIpc) is 2.67. The largest absolute Gasteiger partial charge is 0.416 e. The second kappa shape index (κ2) is 8.97. The number of carbonyl (C=O) groups is 1. The van der Waals surface area contributed by atoms with Crippen LogP contribution in [0.15, 0.2) is 53.4 Å². The summed E-state index contributed by atoms with van der Waals surface area (Å²) in [6.07, 6.45) is -4.95. The van der Waals surface area contributed by atoms with Crippen LogP contribution in [-0.2, 0) is 32.2 Å². The third kappa shape index (κ3) is 5.84. The number of amides is 1. The highest BCUT2D eigenvalue weighted by atomic mass is 32.2. The first kappa shape index (κ1) is 23.2. The molecule has 1 heterocycles. The molecule has 2 aromatic rings. The molecule has 0 radical (unpaired) electrons. The lowest BCUT2D eigenvalue weighted by Gasteiger charge is -2.34. The Hall–Kier alpha value is -2.43. The molecular formula is C21H23F3N2O4S. The van der Waals surface area contributed by atoms with Crippen LogP contribution in [0.3, 0.4) is 0 Å². The number of anilines is 1. The van der Waals surface area contributed by atoms with Crippen molar-refractivity contribution in [2.24, 2.45) is 0 Å². The van der Waals surface area contributed by atoms with E-state index in [-0.39, 0.29) is 36.6 Å². The summed E-state index contributed by atoms with van der Waals surface area (Å²) >= 11 is 0. The van der Waals surface area contributed by atoms with E-state index in [0.29, 0.717) is 11.3 Å². The number of hydrogen-bond donors (Lipinski definition) is 1. The van der Waals surface area contributed by atoms with Crippen molar-refractivity contribution < 1.29 is 31.1 Å². The molecule has 31 heavy (non-hydrogen) atoms. The molecule has 10 heteroatoms. The Morgan fingerprint density at radius 3 is 2.10 bits per heavy atom. The fourth-order valence-corrected chi connectivity index (χ4v) is 4.98. The Labute approximate surface area is 179 Å². The number of sulfonamides is 1. The van der Waals surface area contributed by atoms with Gasteiger partial charge in [0.05, 0.1) is 29.1 Å². The lowest BCUT2D eigenvalue weighted by atomic mass is 10.1. The Kier molecular flexibility index (Phi) is 6.73. The molecular weight excluding hydrogens is 433 g/mol. The van der Waals surface area contributed by atoms with Gasteiger partial charge in [-0.2, -0.15) is 17.5 Å². The predicted molar refractivity (Wildman–Crippen MR) is 109 cm³/mol. The smallest absolute Gasteiger partial charge is 0.373 e. The van der Waals surface area contributed by atoms with Crippen LogP contribution < -0.4 is 5.32 Å². The molecule has 168 valence electrons. The number of nitrogens with one attached hydrogen (secondary N) is 1. The number of alkyl halides is 3. The molecule has 1 amide bonds. The standard InChI is InChI=1S/C21H23F3N2O4S/c1-14-12-26(13-15(2)30-14)31(28,29)19-9-7-18(8-10-19)25-20(27)11-16-3-5-17(6-4-16)21(22,23)24/h3-10,14-15H,11-13H2,1-2H3,(H,25,27). The van der Waals surface area contributed by atoms with E-state index in [0.717, 1.165) is 12.1 Å². The molecule has 3 rings (SSSR count). The van der Waals surface area contributed by atoms with Gasteiger partial charge in [0.15, 0.2) is 0 Å². The van der Waals surface area contributed by atoms with E-state index >= 15 is 0 Å². The molecule has 2 atom stereocenters. The van der Waals surface area contributed by atoms with Crippen LogP contribution in [0.2, 0.25) is 0 Å². The van der Waals surface area contributed by atoms with E-state index in [9.17, 15) is 26.4 Å². The van der Waals surface area contributed by atoms with Gasteiger partial charge < -0.3 is 10.1 Å². The zero-order valence-corrected chi connectivity index (χ0v) is 17.8. The van der Waals surface area contributed by atoms with E-state index in [1.54, 1.807) is 0 Å². The molecule has 1 fully saturated rings. The summed E-state index contributed by atoms with van der Waals surface area (Å²) in [7, 11) is -3.69. The zero-order chi connectivity index (χ0) is 22.8. The van der Waals surface area contributed by atoms with Gasteiger partial charge >= 0.3 is 6.18 Å². The molecule has 1 aliphatic heterocycles. The molecule has 0 aromatic heterocycles. The number of halogens is 3. The minimum Gasteiger partial charge on any atom is -0.373 e. The van der Waals surface area contributed by atoms with Crippen molar-refractivity contribution in [3.63, 3.8) is 0 Å². The van der Waals surface area contributed by atoms with Gasteiger partial charge in [0.1, 0.15) is 0 Å². The fourth-order valence-electron chi connectivity index (χ4n) is 3.39. The summed E-state index contributed by atoms with van der Waals surface area (Å²) in [6, 6.07) is 10.1. The zero-order valence-electron chi connectivity index (χ0n) is 17.0. The van der Waals surface area contributed by atoms with Crippen LogP contribution in [0.5, 0.6) is 0 Å². The number of carbonyl (C=O) groups excluding carboxylic acids is 1. The summed E-state index contributed by atoms with van der Waals surface area (Å²) in [6.45, 7) is 4.15. The Morgan fingerprint density at radius 1 is 1.03 bits per heavy atom. The predicted octanol–water partition coefficient (Wildman–Crippen LogP) is 3.68. The maximum atomic E-state index is 12.9. The first-order valence-electron chi connectivity index (χ1n) is 9.67. The summed E-state index contributed by atoms with van der Waals surface area (Å²) in [5.74, 6) is -0.425. The lowest BCUT2D eigenvalue weighted by Crippen LogP contribution is -2.48. The highest BCUT2D eigenvalue weighted by molar-refractivity contribution is 7.89. The summed E-state index contributed by atoms with van der Waals surface area (Å²) < 4.78 is 70.5. The van der Waals surface area contributed by atoms with Crippen LogP contribution in [0.25, 0.3) is 0 Å². The van der Waals surface area contributed by atoms with Crippen LogP contribution in [0.1, 0.15) is 25.0 Å². The Balaban J connectivity index is 1.63. The number of rotatable bonds is 5. The number of morpholine rings is 1. The minimum atomic E-state index is -4.43. The van der Waals surface area contributed by atoms with E-state index in [2.05, 4.69) is 5.32 Å². The van der Waals surface area contributed by atoms with E-state index in [4.69, 9.17) is 4.74 Å². The number of ether oxygens (including phenoxy) is 1. The lowest BCUT2D eigenvalue weighted by molar-refractivity contribution is -0.137. The minimum absolute atomic E-state index is 0.106. The molecule has 0 saturated carbocycles. The molecule has 2 unspecified atom stereocenters. The van der Waals surface area contributed by atoms with Gasteiger partial charge in [-0.3, -0.25) is 4.79 Å². The maximum absolute atomic E-state index is 12.9. The monoisotopic (exact) mass is 456 g/mol. The summed E-state index contributed by atoms with van der Waals surface area (Å²) in [5.41, 5.74) is 0.0392. The number of nitrogens with zero attached hydrogens (tertiary/aromatic N) is 1. The van der Waals surface area contributed by atoms with Crippen LogP contribution >= 0.6 is 0 Å². The van der Waals surface area contributed by atoms with Crippen molar-refractivity contribution in [1.82, 2.24) is 4.31 Å². The van der Waals surface area contributed by atoms with Gasteiger partial charge in [0.2, 0.25) is 15.9 Å². The third-order valence-electron chi connectivity index (χ3n) is 4.81. The number of hydrogen-bond acceptors (Lipinski definition) is 4. The summed E-state index contributed by atoms with van der Waals surface area (Å²) in [4.78, 5) is 12.3. The van der Waals surface area contributed by atoms with E-state index in [1.807, 2.05) is 13.8 Å². The van der Waals surface area contributed by atoms with Gasteiger partial charge in [-0.15, -0.1) is 0 Å². The number of benzene rings is 2. The van der Waals surface area contributed by atoms with Crippen molar-refractivity contribution in [3.05, 3.63) is 59.7 Å². The molecule has 6 nitrogen and oxygen atoms in total. The normalized spacial score (nSPS) is 20.4. The molecule has 1 aliphatic rings. The topological polar surface area (TPSA) is 75.7 Å². The molecule has 0 aliphatic carbocycles. The first-order chi connectivity index (χ1) is 14.4. The summed E-state index contributed by atoms with van der Waals surface area (Å²) in [5, 5.41) is 2.62. The highest BCUT2D eigenvalue weighted by Crippen LogP contribution is 2.29. The highest BCUT2D eigenvalue weighted by Gasteiger charge is 2.32. The quantitative estimate of drug-likeness (QED) is 0.745. The Morgan fingerprint density at radius 2 is 1.58 bits per heavy atom. The SMILES string of the molecule is CC1CN(S(=O)(=O)c2ccc(NC(=O)Cc3ccc(C(F)(F)F)cc3)cc2)CC(C)O1. The second-order valence-electron chi connectivity index (χ2n) is 7.52.